The Balaban J connectivity index is 3.28. The Morgan fingerprint density at radius 2 is 1.79 bits per heavy atom. The molecule has 0 amide bonds. The molecule has 1 aromatic carbocycles. The van der Waals surface area contributed by atoms with Crippen LogP contribution in [0, 0.1) is 0 Å². The van der Waals surface area contributed by atoms with E-state index in [9.17, 15) is 16.8 Å². The van der Waals surface area contributed by atoms with Gasteiger partial charge in [0.05, 0.1) is 28.1 Å². The summed E-state index contributed by atoms with van der Waals surface area (Å²) in [6, 6.07) is 4.28. The van der Waals surface area contributed by atoms with Gasteiger partial charge in [0.25, 0.3) is 0 Å². The molecule has 0 radical (unpaired) electrons. The molecule has 0 aliphatic heterocycles. The highest BCUT2D eigenvalue weighted by Gasteiger charge is 2.21. The zero-order valence-corrected chi connectivity index (χ0v) is 16.2. The Kier molecular flexibility index (Phi) is 7.02. The van der Waals surface area contributed by atoms with E-state index in [1.54, 1.807) is 6.92 Å². The molecule has 10 heteroatoms. The van der Waals surface area contributed by atoms with Crippen LogP contribution in [0.1, 0.15) is 13.8 Å². The fraction of sp³-hybridized carbons (Fsp3) is 0.571. The van der Waals surface area contributed by atoms with Crippen molar-refractivity contribution < 1.29 is 21.6 Å². The van der Waals surface area contributed by atoms with E-state index < -0.39 is 26.2 Å². The number of anilines is 2. The molecule has 138 valence electrons. The van der Waals surface area contributed by atoms with E-state index in [0.29, 0.717) is 12.2 Å². The normalized spacial score (nSPS) is 13.8. The number of nitrogens with one attached hydrogen (secondary N) is 2. The average molecular weight is 380 g/mol. The molecule has 1 aromatic rings. The van der Waals surface area contributed by atoms with Gasteiger partial charge in [-0.3, -0.25) is 4.72 Å². The predicted octanol–water partition coefficient (Wildman–Crippen LogP) is 1.15. The van der Waals surface area contributed by atoms with Crippen LogP contribution in [0.25, 0.3) is 0 Å². The lowest BCUT2D eigenvalue weighted by atomic mass is 10.2. The first-order valence-corrected chi connectivity index (χ1v) is 10.5. The summed E-state index contributed by atoms with van der Waals surface area (Å²) in [7, 11) is -3.11. The number of hydrogen-bond donors (Lipinski definition) is 2. The summed E-state index contributed by atoms with van der Waals surface area (Å²) in [5.41, 5.74) is 0.687. The van der Waals surface area contributed by atoms with E-state index in [4.69, 9.17) is 4.74 Å². The summed E-state index contributed by atoms with van der Waals surface area (Å²) in [5.74, 6) is -0.236. The second-order valence-corrected chi connectivity index (χ2v) is 9.37. The van der Waals surface area contributed by atoms with Crippen molar-refractivity contribution in [1.82, 2.24) is 4.31 Å². The predicted molar refractivity (Wildman–Crippen MR) is 95.4 cm³/mol. The molecule has 8 nitrogen and oxygen atoms in total. The van der Waals surface area contributed by atoms with Crippen LogP contribution < -0.4 is 10.0 Å². The third kappa shape index (κ3) is 5.33. The fourth-order valence-corrected chi connectivity index (χ4v) is 4.18. The molecule has 0 fully saturated rings. The van der Waals surface area contributed by atoms with Crippen LogP contribution in [0.15, 0.2) is 23.1 Å². The third-order valence-electron chi connectivity index (χ3n) is 3.26. The van der Waals surface area contributed by atoms with Crippen molar-refractivity contribution in [3.8, 4) is 0 Å². The van der Waals surface area contributed by atoms with Crippen LogP contribution in [0.3, 0.4) is 0 Å². The van der Waals surface area contributed by atoms with E-state index in [0.717, 1.165) is 4.31 Å². The molecule has 0 heterocycles. The average Bonchev–Trinajstić information content (AvgIpc) is 2.47. The molecule has 0 spiro atoms. The summed E-state index contributed by atoms with van der Waals surface area (Å²) < 4.78 is 57.5. The molecular weight excluding hydrogens is 354 g/mol. The smallest absolute Gasteiger partial charge is 0.242 e. The Labute approximate surface area is 144 Å². The molecule has 0 saturated carbocycles. The molecule has 0 aromatic heterocycles. The van der Waals surface area contributed by atoms with Crippen LogP contribution in [0.5, 0.6) is 0 Å². The zero-order chi connectivity index (χ0) is 18.5. The lowest BCUT2D eigenvalue weighted by Crippen LogP contribution is -2.26. The Morgan fingerprint density at radius 1 is 1.17 bits per heavy atom. The second kappa shape index (κ2) is 8.15. The first-order valence-electron chi connectivity index (χ1n) is 7.37. The summed E-state index contributed by atoms with van der Waals surface area (Å²) in [6.07, 6.45) is -0.487. The van der Waals surface area contributed by atoms with Crippen molar-refractivity contribution in [2.75, 3.05) is 43.5 Å². The Bertz CT molecular complexity index is 761. The minimum atomic E-state index is -3.69. The largest absolute Gasteiger partial charge is 0.384 e. The summed E-state index contributed by atoms with van der Waals surface area (Å²) in [5, 5.41) is 3.01. The highest BCUT2D eigenvalue weighted by molar-refractivity contribution is 7.92. The van der Waals surface area contributed by atoms with Crippen LogP contribution in [0.4, 0.5) is 11.4 Å². The highest BCUT2D eigenvalue weighted by atomic mass is 32.2. The third-order valence-corrected chi connectivity index (χ3v) is 6.51. The number of rotatable bonds is 9. The molecule has 0 unspecified atom stereocenters. The van der Waals surface area contributed by atoms with E-state index in [2.05, 4.69) is 10.0 Å². The Morgan fingerprint density at radius 3 is 2.29 bits per heavy atom. The van der Waals surface area contributed by atoms with Gasteiger partial charge in [0, 0.05) is 27.7 Å². The number of ether oxygens (including phenoxy) is 1. The molecule has 1 atom stereocenters. The molecule has 0 aliphatic carbocycles. The van der Waals surface area contributed by atoms with E-state index in [1.807, 2.05) is 6.92 Å². The molecule has 24 heavy (non-hydrogen) atoms. The van der Waals surface area contributed by atoms with Gasteiger partial charge in [0.1, 0.15) is 0 Å². The minimum absolute atomic E-state index is 0.00615. The van der Waals surface area contributed by atoms with Crippen LogP contribution in [-0.2, 0) is 24.8 Å². The van der Waals surface area contributed by atoms with Crippen LogP contribution in [-0.4, -0.2) is 60.7 Å². The molecule has 0 bridgehead atoms. The van der Waals surface area contributed by atoms with E-state index in [1.165, 1.54) is 39.4 Å². The molecule has 1 rings (SSSR count). The lowest BCUT2D eigenvalue weighted by molar-refractivity contribution is 0.136. The van der Waals surface area contributed by atoms with Gasteiger partial charge >= 0.3 is 0 Å². The first kappa shape index (κ1) is 20.7. The summed E-state index contributed by atoms with van der Waals surface area (Å²) in [4.78, 5) is 0.00615. The van der Waals surface area contributed by atoms with E-state index >= 15 is 0 Å². The van der Waals surface area contributed by atoms with E-state index in [-0.39, 0.29) is 16.3 Å². The molecular formula is C14H25N3O5S2. The summed E-state index contributed by atoms with van der Waals surface area (Å²) in [6.45, 7) is 4.05. The standard InChI is InChI=1S/C14H25N3O5S2/c1-6-15-13-8-7-12(24(20,21)17(3)4)9-14(13)16-23(18,19)10-11(2)22-5/h7-9,11,15-16H,6,10H2,1-5H3/t11-/m0/s1. The number of benzene rings is 1. The van der Waals surface area contributed by atoms with Crippen molar-refractivity contribution in [2.24, 2.45) is 0 Å². The van der Waals surface area contributed by atoms with Crippen molar-refractivity contribution in [2.45, 2.75) is 24.8 Å². The maximum Gasteiger partial charge on any atom is 0.242 e. The highest BCUT2D eigenvalue weighted by Crippen LogP contribution is 2.27. The maximum absolute atomic E-state index is 12.3. The number of hydrogen-bond acceptors (Lipinski definition) is 6. The number of nitrogens with zero attached hydrogens (tertiary/aromatic N) is 1. The van der Waals surface area contributed by atoms with Crippen LogP contribution in [0.2, 0.25) is 0 Å². The Hall–Kier alpha value is -1.36. The zero-order valence-electron chi connectivity index (χ0n) is 14.5. The van der Waals surface area contributed by atoms with Crippen molar-refractivity contribution >= 4 is 31.4 Å². The van der Waals surface area contributed by atoms with Crippen molar-refractivity contribution in [3.05, 3.63) is 18.2 Å². The van der Waals surface area contributed by atoms with Gasteiger partial charge < -0.3 is 10.1 Å². The van der Waals surface area contributed by atoms with Gasteiger partial charge in [-0.05, 0) is 32.0 Å². The molecule has 0 saturated heterocycles. The SMILES string of the molecule is CCNc1ccc(S(=O)(=O)N(C)C)cc1NS(=O)(=O)C[C@H](C)OC. The van der Waals surface area contributed by atoms with Gasteiger partial charge in [0.2, 0.25) is 20.0 Å². The molecule has 2 N–H and O–H groups in total. The number of methoxy groups -OCH3 is 1. The summed E-state index contributed by atoms with van der Waals surface area (Å²) >= 11 is 0. The van der Waals surface area contributed by atoms with Crippen molar-refractivity contribution in [3.63, 3.8) is 0 Å². The maximum atomic E-state index is 12.3. The first-order chi connectivity index (χ1) is 11.0. The second-order valence-electron chi connectivity index (χ2n) is 5.45. The van der Waals surface area contributed by atoms with Crippen molar-refractivity contribution in [1.29, 1.82) is 0 Å². The topological polar surface area (TPSA) is 105 Å². The van der Waals surface area contributed by atoms with Gasteiger partial charge in [0.15, 0.2) is 0 Å². The van der Waals surface area contributed by atoms with Crippen LogP contribution >= 0.6 is 0 Å². The molecule has 0 aliphatic rings. The van der Waals surface area contributed by atoms with Gasteiger partial charge in [-0.1, -0.05) is 0 Å². The lowest BCUT2D eigenvalue weighted by Gasteiger charge is -2.18. The monoisotopic (exact) mass is 379 g/mol. The van der Waals surface area contributed by atoms with Gasteiger partial charge in [-0.2, -0.15) is 0 Å². The quantitative estimate of drug-likeness (QED) is 0.667. The minimum Gasteiger partial charge on any atom is -0.384 e. The van der Waals surface area contributed by atoms with Gasteiger partial charge in [-0.15, -0.1) is 0 Å². The van der Waals surface area contributed by atoms with Gasteiger partial charge in [-0.25, -0.2) is 21.1 Å². The number of sulfonamides is 2. The fourth-order valence-electron chi connectivity index (χ4n) is 1.91.